The molecule has 2 aromatic carbocycles. The third-order valence-electron chi connectivity index (χ3n) is 6.68. The van der Waals surface area contributed by atoms with Crippen molar-refractivity contribution in [3.8, 4) is 0 Å². The van der Waals surface area contributed by atoms with Gasteiger partial charge in [0.1, 0.15) is 17.6 Å². The zero-order valence-corrected chi connectivity index (χ0v) is 22.4. The lowest BCUT2D eigenvalue weighted by Gasteiger charge is -2.43. The monoisotopic (exact) mass is 550 g/mol. The van der Waals surface area contributed by atoms with Crippen LogP contribution in [0.2, 0.25) is 5.04 Å². The van der Waals surface area contributed by atoms with Gasteiger partial charge in [0.15, 0.2) is 6.23 Å². The van der Waals surface area contributed by atoms with Crippen molar-refractivity contribution in [2.24, 2.45) is 0 Å². The Labute approximate surface area is 218 Å². The molecule has 7 nitrogen and oxygen atoms in total. The molecule has 11 heteroatoms. The van der Waals surface area contributed by atoms with Crippen LogP contribution in [0.4, 0.5) is 8.78 Å². The molecule has 0 amide bonds. The number of nitrogens with zero attached hydrogens (tertiary/aromatic N) is 1. The third-order valence-corrected chi connectivity index (χ3v) is 12.2. The highest BCUT2D eigenvalue weighted by atomic mass is 35.5. The van der Waals surface area contributed by atoms with Gasteiger partial charge in [-0.25, -0.2) is 13.6 Å². The third kappa shape index (κ3) is 5.08. The summed E-state index contributed by atoms with van der Waals surface area (Å²) in [5.41, 5.74) is -3.05. The number of aromatic nitrogens is 2. The number of alkyl halides is 3. The van der Waals surface area contributed by atoms with Crippen LogP contribution >= 0.6 is 11.6 Å². The molecule has 1 saturated heterocycles. The molecule has 0 spiro atoms. The Balaban J connectivity index is 1.69. The standard InChI is InChI=1S/C26H29ClF2N2O5Si/c1-26(2,3)37(16-10-6-4-7-11-16,17-12-8-5-9-13-17)35-15-19-21(32)20(27)24(36-19)31-14-18(22(28)29)23(33)30-25(31)34/h4-14,19-22,24,32H,15H2,1-3H3,(H,30,33,34)/t19-,20-,21-,24-/m1/s1. The minimum atomic E-state index is -3.11. The second-order valence-electron chi connectivity index (χ2n) is 10.0. The molecule has 4 rings (SSSR count). The summed E-state index contributed by atoms with van der Waals surface area (Å²) in [6, 6.07) is 19.7. The molecular formula is C26H29ClF2N2O5Si. The molecule has 198 valence electrons. The quantitative estimate of drug-likeness (QED) is 0.348. The van der Waals surface area contributed by atoms with Crippen LogP contribution in [0.1, 0.15) is 39.0 Å². The van der Waals surface area contributed by atoms with Gasteiger partial charge in [-0.15, -0.1) is 11.6 Å². The summed E-state index contributed by atoms with van der Waals surface area (Å²) in [6.07, 6.45) is -5.89. The van der Waals surface area contributed by atoms with E-state index in [2.05, 4.69) is 20.8 Å². The Hall–Kier alpha value is -2.63. The average molecular weight is 551 g/mol. The van der Waals surface area contributed by atoms with Crippen LogP contribution in [0, 0.1) is 0 Å². The van der Waals surface area contributed by atoms with E-state index in [0.29, 0.717) is 0 Å². The number of hydrogen-bond donors (Lipinski definition) is 2. The van der Waals surface area contributed by atoms with Crippen molar-refractivity contribution in [1.29, 1.82) is 0 Å². The highest BCUT2D eigenvalue weighted by molar-refractivity contribution is 6.99. The number of hydrogen-bond acceptors (Lipinski definition) is 5. The SMILES string of the molecule is CC(C)(C)[Si](OC[C@H]1O[C@@H](n2cc(C(F)F)c(=O)[nH]c2=O)[C@H](Cl)[C@@H]1O)(c1ccccc1)c1ccccc1. The first-order chi connectivity index (χ1) is 17.5. The molecule has 1 fully saturated rings. The largest absolute Gasteiger partial charge is 0.405 e. The van der Waals surface area contributed by atoms with E-state index >= 15 is 0 Å². The zero-order chi connectivity index (χ0) is 27.0. The molecule has 2 N–H and O–H groups in total. The van der Waals surface area contributed by atoms with E-state index < -0.39 is 55.4 Å². The van der Waals surface area contributed by atoms with Crippen LogP contribution < -0.4 is 21.6 Å². The number of aromatic amines is 1. The average Bonchev–Trinajstić information content (AvgIpc) is 3.13. The molecule has 3 aromatic rings. The number of aliphatic hydroxyl groups is 1. The predicted octanol–water partition coefficient (Wildman–Crippen LogP) is 2.92. The molecule has 37 heavy (non-hydrogen) atoms. The van der Waals surface area contributed by atoms with Gasteiger partial charge in [0.05, 0.1) is 12.2 Å². The Bertz CT molecular complexity index is 1290. The Kier molecular flexibility index (Phi) is 7.87. The van der Waals surface area contributed by atoms with Crippen molar-refractivity contribution in [3.63, 3.8) is 0 Å². The summed E-state index contributed by atoms with van der Waals surface area (Å²) < 4.78 is 40.1. The second-order valence-corrected chi connectivity index (χ2v) is 14.8. The number of H-pyrrole nitrogens is 1. The maximum absolute atomic E-state index is 13.3. The van der Waals surface area contributed by atoms with Crippen LogP contribution in [-0.2, 0) is 9.16 Å². The summed E-state index contributed by atoms with van der Waals surface area (Å²) in [4.78, 5) is 26.0. The number of nitrogens with one attached hydrogen (secondary N) is 1. The maximum Gasteiger partial charge on any atom is 0.330 e. The van der Waals surface area contributed by atoms with Gasteiger partial charge in [0, 0.05) is 6.20 Å². The Morgan fingerprint density at radius 3 is 2.11 bits per heavy atom. The second kappa shape index (κ2) is 10.6. The van der Waals surface area contributed by atoms with Crippen molar-refractivity contribution < 1.29 is 23.1 Å². The van der Waals surface area contributed by atoms with E-state index in [4.69, 9.17) is 20.8 Å². The van der Waals surface area contributed by atoms with Gasteiger partial charge in [-0.1, -0.05) is 81.4 Å². The molecule has 1 aliphatic heterocycles. The molecule has 0 unspecified atom stereocenters. The number of halogens is 3. The fourth-order valence-corrected chi connectivity index (χ4v) is 9.79. The Morgan fingerprint density at radius 2 is 1.62 bits per heavy atom. The van der Waals surface area contributed by atoms with Gasteiger partial charge in [-0.05, 0) is 15.4 Å². The van der Waals surface area contributed by atoms with Gasteiger partial charge in [-0.2, -0.15) is 0 Å². The number of benzene rings is 2. The fraction of sp³-hybridized carbons (Fsp3) is 0.385. The molecule has 4 atom stereocenters. The van der Waals surface area contributed by atoms with Crippen molar-refractivity contribution >= 4 is 30.3 Å². The molecule has 0 radical (unpaired) electrons. The fourth-order valence-electron chi connectivity index (χ4n) is 4.88. The summed E-state index contributed by atoms with van der Waals surface area (Å²) in [5, 5.41) is 11.5. The summed E-state index contributed by atoms with van der Waals surface area (Å²) in [6.45, 7) is 6.24. The van der Waals surface area contributed by atoms with Crippen LogP contribution in [-0.4, -0.2) is 47.2 Å². The first-order valence-electron chi connectivity index (χ1n) is 11.8. The van der Waals surface area contributed by atoms with E-state index in [-0.39, 0.29) is 11.6 Å². The lowest BCUT2D eigenvalue weighted by molar-refractivity contribution is -0.0428. The minimum absolute atomic E-state index is 0.0615. The molecule has 2 heterocycles. The summed E-state index contributed by atoms with van der Waals surface area (Å²) in [7, 11) is -2.96. The number of rotatable bonds is 7. The normalized spacial score (nSPS) is 22.5. The van der Waals surface area contributed by atoms with Crippen molar-refractivity contribution in [2.45, 2.75) is 56.0 Å². The van der Waals surface area contributed by atoms with Crippen LogP contribution in [0.3, 0.4) is 0 Å². The number of ether oxygens (including phenoxy) is 1. The predicted molar refractivity (Wildman–Crippen MR) is 139 cm³/mol. The highest BCUT2D eigenvalue weighted by Gasteiger charge is 2.52. The molecule has 1 aliphatic rings. The van der Waals surface area contributed by atoms with Gasteiger partial charge in [0.25, 0.3) is 20.3 Å². The van der Waals surface area contributed by atoms with Crippen molar-refractivity contribution in [3.05, 3.63) is 93.3 Å². The lowest BCUT2D eigenvalue weighted by Crippen LogP contribution is -2.67. The smallest absolute Gasteiger partial charge is 0.330 e. The van der Waals surface area contributed by atoms with Gasteiger partial charge < -0.3 is 14.3 Å². The molecule has 0 bridgehead atoms. The Morgan fingerprint density at radius 1 is 1.08 bits per heavy atom. The zero-order valence-electron chi connectivity index (χ0n) is 20.6. The molecular weight excluding hydrogens is 522 g/mol. The van der Waals surface area contributed by atoms with Crippen LogP contribution in [0.5, 0.6) is 0 Å². The molecule has 0 aliphatic carbocycles. The van der Waals surface area contributed by atoms with Crippen LogP contribution in [0.25, 0.3) is 0 Å². The van der Waals surface area contributed by atoms with E-state index in [9.17, 15) is 23.5 Å². The van der Waals surface area contributed by atoms with Gasteiger partial charge >= 0.3 is 5.69 Å². The minimum Gasteiger partial charge on any atom is -0.405 e. The first-order valence-corrected chi connectivity index (χ1v) is 14.2. The molecule has 0 saturated carbocycles. The topological polar surface area (TPSA) is 93.5 Å². The van der Waals surface area contributed by atoms with Gasteiger partial charge in [-0.3, -0.25) is 14.3 Å². The lowest BCUT2D eigenvalue weighted by atomic mass is 10.2. The van der Waals surface area contributed by atoms with Crippen LogP contribution in [0.15, 0.2) is 76.4 Å². The van der Waals surface area contributed by atoms with E-state index in [1.807, 2.05) is 65.6 Å². The van der Waals surface area contributed by atoms with E-state index in [1.54, 1.807) is 0 Å². The van der Waals surface area contributed by atoms with Gasteiger partial charge in [0.2, 0.25) is 0 Å². The highest BCUT2D eigenvalue weighted by Crippen LogP contribution is 2.39. The first kappa shape index (κ1) is 27.4. The summed E-state index contributed by atoms with van der Waals surface area (Å²) >= 11 is 6.42. The maximum atomic E-state index is 13.3. The van der Waals surface area contributed by atoms with Crippen molar-refractivity contribution in [2.75, 3.05) is 6.61 Å². The molecule has 1 aromatic heterocycles. The summed E-state index contributed by atoms with van der Waals surface area (Å²) in [5.74, 6) is 0. The van der Waals surface area contributed by atoms with E-state index in [1.165, 1.54) is 0 Å². The number of aliphatic hydroxyl groups excluding tert-OH is 1. The van der Waals surface area contributed by atoms with Crippen molar-refractivity contribution in [1.82, 2.24) is 9.55 Å². The van der Waals surface area contributed by atoms with E-state index in [0.717, 1.165) is 21.1 Å².